The number of nitrogens with zero attached hydrogens (tertiary/aromatic N) is 1. The first-order valence-corrected chi connectivity index (χ1v) is 6.32. The molecule has 0 bridgehead atoms. The second-order valence-corrected chi connectivity index (χ2v) is 5.51. The molecule has 1 aromatic rings. The van der Waals surface area contributed by atoms with Gasteiger partial charge in [0.05, 0.1) is 12.3 Å². The first-order valence-electron chi connectivity index (χ1n) is 6.32. The van der Waals surface area contributed by atoms with Crippen LogP contribution in [0.4, 0.5) is 0 Å². The Kier molecular flexibility index (Phi) is 3.27. The maximum atomic E-state index is 5.88. The summed E-state index contributed by atoms with van der Waals surface area (Å²) in [5, 5.41) is 0. The van der Waals surface area contributed by atoms with Gasteiger partial charge in [0.1, 0.15) is 5.60 Å². The van der Waals surface area contributed by atoms with E-state index in [1.807, 2.05) is 26.8 Å². The topological polar surface area (TPSA) is 31.4 Å². The van der Waals surface area contributed by atoms with Crippen LogP contribution in [0, 0.1) is 0 Å². The molecule has 1 aliphatic rings. The van der Waals surface area contributed by atoms with Crippen molar-refractivity contribution < 1.29 is 9.47 Å². The lowest BCUT2D eigenvalue weighted by molar-refractivity contribution is 0.122. The maximum absolute atomic E-state index is 5.88. The maximum Gasteiger partial charge on any atom is 0.180 e. The van der Waals surface area contributed by atoms with E-state index in [-0.39, 0.29) is 5.60 Å². The second kappa shape index (κ2) is 4.55. The Bertz CT molecular complexity index is 392. The van der Waals surface area contributed by atoms with Gasteiger partial charge in [0.15, 0.2) is 11.5 Å². The Morgan fingerprint density at radius 1 is 1.29 bits per heavy atom. The van der Waals surface area contributed by atoms with Crippen molar-refractivity contribution in [2.24, 2.45) is 0 Å². The summed E-state index contributed by atoms with van der Waals surface area (Å²) in [4.78, 5) is 4.36. The third kappa shape index (κ3) is 3.62. The van der Waals surface area contributed by atoms with Crippen LogP contribution >= 0.6 is 0 Å². The summed E-state index contributed by atoms with van der Waals surface area (Å²) in [6.45, 7) is 8.18. The largest absolute Gasteiger partial charge is 0.486 e. The van der Waals surface area contributed by atoms with Gasteiger partial charge in [0.25, 0.3) is 0 Å². The highest BCUT2D eigenvalue weighted by Crippen LogP contribution is 2.35. The van der Waals surface area contributed by atoms with Crippen molar-refractivity contribution in [3.8, 4) is 11.5 Å². The van der Waals surface area contributed by atoms with Gasteiger partial charge in [0, 0.05) is 11.8 Å². The number of pyridine rings is 1. The van der Waals surface area contributed by atoms with Crippen molar-refractivity contribution in [1.82, 2.24) is 4.98 Å². The summed E-state index contributed by atoms with van der Waals surface area (Å²) >= 11 is 0. The Balaban J connectivity index is 2.22. The molecule has 1 aromatic heterocycles. The zero-order chi connectivity index (χ0) is 12.5. The summed E-state index contributed by atoms with van der Waals surface area (Å²) < 4.78 is 11.8. The van der Waals surface area contributed by atoms with E-state index in [1.54, 1.807) is 6.20 Å². The zero-order valence-corrected chi connectivity index (χ0v) is 11.1. The van der Waals surface area contributed by atoms with Crippen LogP contribution in [-0.4, -0.2) is 16.7 Å². The van der Waals surface area contributed by atoms with E-state index in [9.17, 15) is 0 Å². The van der Waals surface area contributed by atoms with Crippen molar-refractivity contribution in [2.75, 3.05) is 0 Å². The number of aromatic nitrogens is 1. The average molecular weight is 235 g/mol. The molecule has 0 saturated heterocycles. The normalized spacial score (nSPS) is 15.8. The summed E-state index contributed by atoms with van der Waals surface area (Å²) in [5.74, 6) is 1.59. The van der Waals surface area contributed by atoms with Gasteiger partial charge < -0.3 is 9.47 Å². The Morgan fingerprint density at radius 3 is 2.53 bits per heavy atom. The van der Waals surface area contributed by atoms with Gasteiger partial charge in [-0.1, -0.05) is 6.92 Å². The molecule has 3 heteroatoms. The number of aryl methyl sites for hydroxylation is 1. The lowest BCUT2D eigenvalue weighted by Crippen LogP contribution is -2.23. The van der Waals surface area contributed by atoms with E-state index in [0.29, 0.717) is 6.10 Å². The third-order valence-electron chi connectivity index (χ3n) is 2.48. The van der Waals surface area contributed by atoms with Crippen LogP contribution in [0.25, 0.3) is 0 Å². The fraction of sp³-hybridized carbons (Fsp3) is 0.643. The predicted molar refractivity (Wildman–Crippen MR) is 67.6 cm³/mol. The first-order chi connectivity index (χ1) is 7.98. The summed E-state index contributed by atoms with van der Waals surface area (Å²) in [6.07, 6.45) is 5.38. The van der Waals surface area contributed by atoms with Crippen LogP contribution < -0.4 is 9.47 Å². The molecular formula is C14H21NO2. The molecule has 0 amide bonds. The number of hydrogen-bond donors (Lipinski definition) is 0. The molecular weight excluding hydrogens is 214 g/mol. The lowest BCUT2D eigenvalue weighted by Gasteiger charge is -2.23. The van der Waals surface area contributed by atoms with Gasteiger partial charge in [-0.25, -0.2) is 0 Å². The number of ether oxygens (including phenoxy) is 2. The van der Waals surface area contributed by atoms with Crippen molar-refractivity contribution in [3.05, 3.63) is 18.0 Å². The van der Waals surface area contributed by atoms with Gasteiger partial charge >= 0.3 is 0 Å². The second-order valence-electron chi connectivity index (χ2n) is 5.51. The number of hydrogen-bond acceptors (Lipinski definition) is 3. The first kappa shape index (κ1) is 12.2. The molecule has 3 nitrogen and oxygen atoms in total. The summed E-state index contributed by atoms with van der Waals surface area (Å²) in [5.41, 5.74) is 0.818. The van der Waals surface area contributed by atoms with E-state index in [1.165, 1.54) is 0 Å². The molecule has 1 heterocycles. The summed E-state index contributed by atoms with van der Waals surface area (Å²) in [7, 11) is 0. The Labute approximate surface area is 103 Å². The Morgan fingerprint density at radius 2 is 2.00 bits per heavy atom. The molecule has 0 aromatic carbocycles. The van der Waals surface area contributed by atoms with E-state index >= 15 is 0 Å². The van der Waals surface area contributed by atoms with E-state index in [0.717, 1.165) is 36.5 Å². The van der Waals surface area contributed by atoms with Crippen LogP contribution in [0.2, 0.25) is 0 Å². The van der Waals surface area contributed by atoms with Gasteiger partial charge in [-0.15, -0.1) is 0 Å². The minimum Gasteiger partial charge on any atom is -0.486 e. The fourth-order valence-corrected chi connectivity index (χ4v) is 1.52. The van der Waals surface area contributed by atoms with Crippen LogP contribution in [0.5, 0.6) is 11.5 Å². The molecule has 0 radical (unpaired) electrons. The minimum atomic E-state index is -0.225. The molecule has 0 N–H and O–H groups in total. The van der Waals surface area contributed by atoms with Gasteiger partial charge in [0.2, 0.25) is 0 Å². The lowest BCUT2D eigenvalue weighted by atomic mass is 10.2. The molecule has 0 unspecified atom stereocenters. The van der Waals surface area contributed by atoms with Crippen LogP contribution in [0.1, 0.15) is 46.2 Å². The zero-order valence-electron chi connectivity index (χ0n) is 11.1. The van der Waals surface area contributed by atoms with Crippen molar-refractivity contribution in [3.63, 3.8) is 0 Å². The van der Waals surface area contributed by atoms with Gasteiger partial charge in [-0.05, 0) is 40.0 Å². The molecule has 17 heavy (non-hydrogen) atoms. The molecule has 0 spiro atoms. The van der Waals surface area contributed by atoms with Crippen LogP contribution in [-0.2, 0) is 6.42 Å². The monoisotopic (exact) mass is 235 g/mol. The smallest absolute Gasteiger partial charge is 0.180 e. The van der Waals surface area contributed by atoms with Crippen molar-refractivity contribution in [1.29, 1.82) is 0 Å². The molecule has 1 aliphatic carbocycles. The molecule has 1 saturated carbocycles. The molecule has 0 aliphatic heterocycles. The summed E-state index contributed by atoms with van der Waals surface area (Å²) in [6, 6.07) is 2.00. The SMILES string of the molecule is CCc1cc(OC2CC2)c(OC(C)(C)C)cn1. The van der Waals surface area contributed by atoms with Gasteiger partial charge in [-0.2, -0.15) is 0 Å². The Hall–Kier alpha value is -1.25. The van der Waals surface area contributed by atoms with Crippen LogP contribution in [0.3, 0.4) is 0 Å². The van der Waals surface area contributed by atoms with Crippen molar-refractivity contribution >= 4 is 0 Å². The predicted octanol–water partition coefficient (Wildman–Crippen LogP) is 3.36. The molecule has 94 valence electrons. The standard InChI is InChI=1S/C14H21NO2/c1-5-10-8-12(16-11-6-7-11)13(9-15-10)17-14(2,3)4/h8-9,11H,5-7H2,1-4H3. The fourth-order valence-electron chi connectivity index (χ4n) is 1.52. The molecule has 2 rings (SSSR count). The highest BCUT2D eigenvalue weighted by molar-refractivity contribution is 5.40. The van der Waals surface area contributed by atoms with Gasteiger partial charge in [-0.3, -0.25) is 4.98 Å². The highest BCUT2D eigenvalue weighted by Gasteiger charge is 2.26. The quantitative estimate of drug-likeness (QED) is 0.802. The number of rotatable bonds is 4. The highest BCUT2D eigenvalue weighted by atomic mass is 16.5. The van der Waals surface area contributed by atoms with E-state index in [4.69, 9.17) is 9.47 Å². The van der Waals surface area contributed by atoms with Crippen molar-refractivity contribution in [2.45, 2.75) is 58.7 Å². The minimum absolute atomic E-state index is 0.225. The van der Waals surface area contributed by atoms with Crippen LogP contribution in [0.15, 0.2) is 12.3 Å². The average Bonchev–Trinajstić information content (AvgIpc) is 3.02. The third-order valence-corrected chi connectivity index (χ3v) is 2.48. The van der Waals surface area contributed by atoms with E-state index in [2.05, 4.69) is 11.9 Å². The molecule has 1 fully saturated rings. The molecule has 0 atom stereocenters. The van der Waals surface area contributed by atoms with E-state index < -0.39 is 0 Å².